The zero-order valence-corrected chi connectivity index (χ0v) is 23.6. The molecule has 2 heterocycles. The van der Waals surface area contributed by atoms with E-state index in [9.17, 15) is 14.4 Å². The van der Waals surface area contributed by atoms with Crippen molar-refractivity contribution in [3.63, 3.8) is 0 Å². The highest BCUT2D eigenvalue weighted by Gasteiger charge is 2.37. The number of furan rings is 1. The van der Waals surface area contributed by atoms with Crippen molar-refractivity contribution in [3.05, 3.63) is 83.8 Å². The maximum Gasteiger partial charge on any atom is 0.294 e. The number of piperazine rings is 1. The Labute approximate surface area is 241 Å². The molecule has 2 aromatic carbocycles. The van der Waals surface area contributed by atoms with E-state index in [1.165, 1.54) is 6.26 Å². The molecule has 2 saturated carbocycles. The average molecular weight is 555 g/mol. The molecule has 0 spiro atoms. The van der Waals surface area contributed by atoms with Crippen LogP contribution in [0.1, 0.15) is 66.2 Å². The summed E-state index contributed by atoms with van der Waals surface area (Å²) in [5.41, 5.74) is 3.36. The molecule has 214 valence electrons. The lowest BCUT2D eigenvalue weighted by molar-refractivity contribution is -0.132. The van der Waals surface area contributed by atoms with E-state index >= 15 is 0 Å². The third-order valence-electron chi connectivity index (χ3n) is 8.65. The van der Waals surface area contributed by atoms with Gasteiger partial charge in [-0.05, 0) is 80.1 Å². The molecule has 6 rings (SSSR count). The van der Waals surface area contributed by atoms with Gasteiger partial charge < -0.3 is 19.5 Å². The van der Waals surface area contributed by atoms with Gasteiger partial charge in [-0.2, -0.15) is 0 Å². The van der Waals surface area contributed by atoms with Gasteiger partial charge in [0.25, 0.3) is 5.91 Å². The van der Waals surface area contributed by atoms with Gasteiger partial charge in [-0.25, -0.2) is 0 Å². The van der Waals surface area contributed by atoms with Gasteiger partial charge >= 0.3 is 0 Å². The highest BCUT2D eigenvalue weighted by molar-refractivity contribution is 6.08. The second-order valence-electron chi connectivity index (χ2n) is 11.5. The second-order valence-corrected chi connectivity index (χ2v) is 11.5. The second kappa shape index (κ2) is 11.8. The van der Waals surface area contributed by atoms with E-state index in [1.54, 1.807) is 17.0 Å². The Kier molecular flexibility index (Phi) is 7.81. The van der Waals surface area contributed by atoms with E-state index < -0.39 is 6.04 Å². The molecule has 2 aliphatic carbocycles. The molecular weight excluding hydrogens is 516 g/mol. The summed E-state index contributed by atoms with van der Waals surface area (Å²) in [6.07, 6.45) is 7.62. The lowest BCUT2D eigenvalue weighted by Crippen LogP contribution is -2.49. The first kappa shape index (κ1) is 27.1. The fourth-order valence-electron chi connectivity index (χ4n) is 6.14. The van der Waals surface area contributed by atoms with Crippen molar-refractivity contribution in [2.45, 2.75) is 57.5 Å². The summed E-state index contributed by atoms with van der Waals surface area (Å²) in [6, 6.07) is 18.1. The number of anilines is 2. The van der Waals surface area contributed by atoms with Crippen LogP contribution in [-0.4, -0.2) is 54.8 Å². The van der Waals surface area contributed by atoms with Gasteiger partial charge in [-0.3, -0.25) is 19.3 Å². The molecule has 1 atom stereocenters. The van der Waals surface area contributed by atoms with Crippen LogP contribution in [0.3, 0.4) is 0 Å². The van der Waals surface area contributed by atoms with Crippen LogP contribution in [0.2, 0.25) is 0 Å². The van der Waals surface area contributed by atoms with Gasteiger partial charge in [0, 0.05) is 49.5 Å². The lowest BCUT2D eigenvalue weighted by atomic mass is 9.97. The number of nitrogens with one attached hydrogen (secondary N) is 1. The van der Waals surface area contributed by atoms with E-state index in [1.807, 2.05) is 60.4 Å². The number of rotatable bonds is 8. The number of hydrogen-bond donors (Lipinski definition) is 1. The highest BCUT2D eigenvalue weighted by atomic mass is 16.3. The van der Waals surface area contributed by atoms with E-state index in [4.69, 9.17) is 4.42 Å². The van der Waals surface area contributed by atoms with Crippen molar-refractivity contribution in [3.8, 4) is 0 Å². The largest absolute Gasteiger partial charge is 0.459 e. The summed E-state index contributed by atoms with van der Waals surface area (Å²) in [4.78, 5) is 46.4. The number of carbonyl (C=O) groups is 3. The minimum atomic E-state index is -0.864. The topological polar surface area (TPSA) is 86.1 Å². The van der Waals surface area contributed by atoms with Gasteiger partial charge in [-0.15, -0.1) is 0 Å². The van der Waals surface area contributed by atoms with Crippen molar-refractivity contribution in [2.24, 2.45) is 5.92 Å². The minimum Gasteiger partial charge on any atom is -0.459 e. The number of nitrogens with zero attached hydrogens (tertiary/aromatic N) is 3. The molecule has 1 saturated heterocycles. The van der Waals surface area contributed by atoms with E-state index in [0.717, 1.165) is 81.5 Å². The van der Waals surface area contributed by atoms with Gasteiger partial charge in [0.1, 0.15) is 6.04 Å². The summed E-state index contributed by atoms with van der Waals surface area (Å²) >= 11 is 0. The molecule has 3 aromatic rings. The van der Waals surface area contributed by atoms with Crippen LogP contribution in [0.25, 0.3) is 0 Å². The van der Waals surface area contributed by atoms with Gasteiger partial charge in [0.15, 0.2) is 5.76 Å². The Morgan fingerprint density at radius 1 is 0.878 bits per heavy atom. The third-order valence-corrected chi connectivity index (χ3v) is 8.65. The molecular formula is C33H38N4O4. The molecule has 0 unspecified atom stereocenters. The van der Waals surface area contributed by atoms with Gasteiger partial charge in [-0.1, -0.05) is 37.1 Å². The normalized spacial score (nSPS) is 18.3. The van der Waals surface area contributed by atoms with Crippen LogP contribution in [0.4, 0.5) is 11.4 Å². The smallest absolute Gasteiger partial charge is 0.294 e. The molecule has 3 aliphatic rings. The van der Waals surface area contributed by atoms with Crippen LogP contribution in [0.5, 0.6) is 0 Å². The quantitative estimate of drug-likeness (QED) is 0.419. The van der Waals surface area contributed by atoms with Crippen LogP contribution in [-0.2, 0) is 9.59 Å². The molecule has 8 nitrogen and oxygen atoms in total. The fraction of sp³-hybridized carbons (Fsp3) is 0.424. The van der Waals surface area contributed by atoms with E-state index in [0.29, 0.717) is 11.6 Å². The molecule has 1 aliphatic heterocycles. The van der Waals surface area contributed by atoms with Crippen LogP contribution in [0.15, 0.2) is 71.3 Å². The first-order valence-corrected chi connectivity index (χ1v) is 14.9. The van der Waals surface area contributed by atoms with Crippen molar-refractivity contribution in [2.75, 3.05) is 36.0 Å². The first-order valence-electron chi connectivity index (χ1n) is 14.9. The standard InChI is InChI=1S/C33H38N4O4/c1-23-7-2-5-10-28(23)30(31(38)34-25-8-3-4-9-25)37(33(40)29-11-6-22-41-29)27-16-14-26(15-17-27)35-18-20-36(21-19-35)32(39)24-12-13-24/h2,5-7,10-11,14-17,22,24-25,30H,3-4,8-9,12-13,18-21H2,1H3,(H,34,38)/t30-/m1/s1. The molecule has 1 aromatic heterocycles. The zero-order valence-electron chi connectivity index (χ0n) is 23.6. The predicted molar refractivity (Wildman–Crippen MR) is 158 cm³/mol. The molecule has 0 radical (unpaired) electrons. The molecule has 3 fully saturated rings. The molecule has 1 N–H and O–H groups in total. The van der Waals surface area contributed by atoms with Crippen molar-refractivity contribution < 1.29 is 18.8 Å². The maximum atomic E-state index is 14.0. The summed E-state index contributed by atoms with van der Waals surface area (Å²) in [5.74, 6) is 0.157. The van der Waals surface area contributed by atoms with E-state index in [2.05, 4.69) is 10.2 Å². The number of amides is 3. The molecule has 3 amide bonds. The summed E-state index contributed by atoms with van der Waals surface area (Å²) < 4.78 is 5.53. The molecule has 8 heteroatoms. The Balaban J connectivity index is 1.30. The van der Waals surface area contributed by atoms with Crippen molar-refractivity contribution in [1.29, 1.82) is 0 Å². The summed E-state index contributed by atoms with van der Waals surface area (Å²) in [7, 11) is 0. The summed E-state index contributed by atoms with van der Waals surface area (Å²) in [6.45, 7) is 4.94. The van der Waals surface area contributed by atoms with Crippen LogP contribution < -0.4 is 15.1 Å². The zero-order chi connectivity index (χ0) is 28.3. The van der Waals surface area contributed by atoms with Crippen molar-refractivity contribution in [1.82, 2.24) is 10.2 Å². The number of benzene rings is 2. The SMILES string of the molecule is Cc1ccccc1[C@H](C(=O)NC1CCCC1)N(C(=O)c1ccco1)c1ccc(N2CCN(C(=O)C3CC3)CC2)cc1. The Hall–Kier alpha value is -4.07. The van der Waals surface area contributed by atoms with Crippen LogP contribution >= 0.6 is 0 Å². The number of aryl methyl sites for hydroxylation is 1. The maximum absolute atomic E-state index is 14.0. The third kappa shape index (κ3) is 5.87. The number of carbonyl (C=O) groups excluding carboxylic acids is 3. The van der Waals surface area contributed by atoms with Crippen molar-refractivity contribution >= 4 is 29.1 Å². The summed E-state index contributed by atoms with van der Waals surface area (Å²) in [5, 5.41) is 3.24. The Morgan fingerprint density at radius 3 is 2.22 bits per heavy atom. The minimum absolute atomic E-state index is 0.113. The Bertz CT molecular complexity index is 1370. The number of hydrogen-bond acceptors (Lipinski definition) is 5. The molecule has 0 bridgehead atoms. The van der Waals surface area contributed by atoms with Gasteiger partial charge in [0.2, 0.25) is 11.8 Å². The highest BCUT2D eigenvalue weighted by Crippen LogP contribution is 2.34. The average Bonchev–Trinajstić information content (AvgIpc) is 3.45. The first-order chi connectivity index (χ1) is 20.0. The monoisotopic (exact) mass is 554 g/mol. The van der Waals surface area contributed by atoms with Gasteiger partial charge in [0.05, 0.1) is 6.26 Å². The van der Waals surface area contributed by atoms with E-state index in [-0.39, 0.29) is 29.5 Å². The van der Waals surface area contributed by atoms with Crippen LogP contribution in [0, 0.1) is 12.8 Å². The molecule has 41 heavy (non-hydrogen) atoms. The lowest BCUT2D eigenvalue weighted by Gasteiger charge is -2.37. The fourth-order valence-corrected chi connectivity index (χ4v) is 6.14. The predicted octanol–water partition coefficient (Wildman–Crippen LogP) is 5.09. The Morgan fingerprint density at radius 2 is 1.59 bits per heavy atom.